The number of urea groups is 1. The molecule has 0 bridgehead atoms. The first-order valence-electron chi connectivity index (χ1n) is 6.70. The van der Waals surface area contributed by atoms with Gasteiger partial charge in [0.2, 0.25) is 0 Å². The Morgan fingerprint density at radius 1 is 1.27 bits per heavy atom. The van der Waals surface area contributed by atoms with Gasteiger partial charge in [0.25, 0.3) is 0 Å². The molecule has 0 saturated heterocycles. The van der Waals surface area contributed by atoms with Gasteiger partial charge in [-0.3, -0.25) is 0 Å². The Morgan fingerprint density at radius 3 is 2.55 bits per heavy atom. The first-order chi connectivity index (χ1) is 10.5. The minimum atomic E-state index is -0.896. The second-order valence-corrected chi connectivity index (χ2v) is 4.75. The van der Waals surface area contributed by atoms with E-state index < -0.39 is 6.03 Å². The molecule has 0 fully saturated rings. The van der Waals surface area contributed by atoms with E-state index in [1.54, 1.807) is 6.07 Å². The smallest absolute Gasteiger partial charge is 0.356 e. The number of ether oxygens (including phenoxy) is 1. The van der Waals surface area contributed by atoms with E-state index in [0.29, 0.717) is 17.0 Å². The lowest BCUT2D eigenvalue weighted by atomic mass is 9.92. The quantitative estimate of drug-likeness (QED) is 0.842. The average Bonchev–Trinajstić information content (AvgIpc) is 2.53. The first kappa shape index (κ1) is 15.5. The average molecular weight is 299 g/mol. The summed E-state index contributed by atoms with van der Waals surface area (Å²) >= 11 is 0. The van der Waals surface area contributed by atoms with E-state index in [-0.39, 0.29) is 11.7 Å². The number of azo groups is 1. The summed E-state index contributed by atoms with van der Waals surface area (Å²) in [6.07, 6.45) is 0. The van der Waals surface area contributed by atoms with E-state index in [2.05, 4.69) is 10.2 Å². The number of rotatable bonds is 4. The van der Waals surface area contributed by atoms with E-state index in [1.165, 1.54) is 13.2 Å². The third kappa shape index (κ3) is 3.41. The zero-order chi connectivity index (χ0) is 16.1. The van der Waals surface area contributed by atoms with Crippen molar-refractivity contribution >= 4 is 11.7 Å². The van der Waals surface area contributed by atoms with Crippen molar-refractivity contribution in [2.75, 3.05) is 7.11 Å². The summed E-state index contributed by atoms with van der Waals surface area (Å²) < 4.78 is 5.13. The molecule has 2 aromatic rings. The molecule has 22 heavy (non-hydrogen) atoms. The number of carbonyl (C=O) groups excluding carboxylic acids is 1. The van der Waals surface area contributed by atoms with Crippen LogP contribution in [0.3, 0.4) is 0 Å². The zero-order valence-electron chi connectivity index (χ0n) is 12.4. The van der Waals surface area contributed by atoms with Gasteiger partial charge in [-0.25, -0.2) is 4.79 Å². The summed E-state index contributed by atoms with van der Waals surface area (Å²) in [7, 11) is 1.44. The summed E-state index contributed by atoms with van der Waals surface area (Å²) in [6.45, 7) is 1.96. The number of nitrogens with two attached hydrogens (primary N) is 1. The molecule has 0 aromatic heterocycles. The normalized spacial score (nSPS) is 12.3. The molecule has 1 atom stereocenters. The van der Waals surface area contributed by atoms with Gasteiger partial charge in [0, 0.05) is 17.5 Å². The summed E-state index contributed by atoms with van der Waals surface area (Å²) in [5.41, 5.74) is 6.99. The molecule has 0 aliphatic heterocycles. The van der Waals surface area contributed by atoms with Gasteiger partial charge in [0.15, 0.2) is 0 Å². The van der Waals surface area contributed by atoms with Crippen molar-refractivity contribution in [1.29, 1.82) is 0 Å². The summed E-state index contributed by atoms with van der Waals surface area (Å²) in [5.74, 6) is 0.340. The van der Waals surface area contributed by atoms with Crippen molar-refractivity contribution in [3.63, 3.8) is 0 Å². The van der Waals surface area contributed by atoms with Crippen LogP contribution in [0.1, 0.15) is 24.0 Å². The van der Waals surface area contributed by atoms with Gasteiger partial charge >= 0.3 is 6.03 Å². The van der Waals surface area contributed by atoms with Crippen molar-refractivity contribution in [1.82, 2.24) is 0 Å². The fraction of sp³-hybridized carbons (Fsp3) is 0.188. The van der Waals surface area contributed by atoms with Crippen LogP contribution in [-0.4, -0.2) is 18.2 Å². The maximum atomic E-state index is 10.8. The summed E-state index contributed by atoms with van der Waals surface area (Å²) in [5, 5.41) is 17.3. The number of amides is 2. The number of phenolic OH excluding ortho intramolecular Hbond substituents is 1. The SMILES string of the molecule is COc1cc(O)c([C@@H](C)c2ccccc2)cc1N=NC(N)=O. The van der Waals surface area contributed by atoms with Crippen molar-refractivity contribution in [2.24, 2.45) is 16.0 Å². The first-order valence-corrected chi connectivity index (χ1v) is 6.70. The van der Waals surface area contributed by atoms with Crippen LogP contribution in [0.15, 0.2) is 52.7 Å². The highest BCUT2D eigenvalue weighted by molar-refractivity contribution is 5.72. The van der Waals surface area contributed by atoms with Crippen LogP contribution in [-0.2, 0) is 0 Å². The molecular formula is C16H17N3O3. The molecule has 2 amide bonds. The van der Waals surface area contributed by atoms with E-state index >= 15 is 0 Å². The number of primary amides is 1. The third-order valence-corrected chi connectivity index (χ3v) is 3.35. The number of hydrogen-bond donors (Lipinski definition) is 2. The maximum absolute atomic E-state index is 10.8. The van der Waals surface area contributed by atoms with Crippen molar-refractivity contribution in [2.45, 2.75) is 12.8 Å². The molecule has 2 rings (SSSR count). The van der Waals surface area contributed by atoms with Gasteiger partial charge in [0.1, 0.15) is 17.2 Å². The van der Waals surface area contributed by atoms with E-state index in [1.807, 2.05) is 37.3 Å². The van der Waals surface area contributed by atoms with Crippen LogP contribution < -0.4 is 10.5 Å². The van der Waals surface area contributed by atoms with Gasteiger partial charge in [-0.15, -0.1) is 5.11 Å². The monoisotopic (exact) mass is 299 g/mol. The maximum Gasteiger partial charge on any atom is 0.356 e. The van der Waals surface area contributed by atoms with Crippen molar-refractivity contribution in [3.05, 3.63) is 53.6 Å². The van der Waals surface area contributed by atoms with Gasteiger partial charge in [0.05, 0.1) is 7.11 Å². The molecule has 0 aliphatic carbocycles. The Kier molecular flexibility index (Phi) is 4.73. The zero-order valence-corrected chi connectivity index (χ0v) is 12.4. The predicted molar refractivity (Wildman–Crippen MR) is 82.7 cm³/mol. The van der Waals surface area contributed by atoms with Gasteiger partial charge in [-0.1, -0.05) is 42.4 Å². The molecule has 0 radical (unpaired) electrons. The Hall–Kier alpha value is -2.89. The lowest BCUT2D eigenvalue weighted by Crippen LogP contribution is -2.02. The third-order valence-electron chi connectivity index (χ3n) is 3.35. The molecule has 6 nitrogen and oxygen atoms in total. The molecule has 6 heteroatoms. The number of benzene rings is 2. The Bertz CT molecular complexity index is 699. The lowest BCUT2D eigenvalue weighted by molar-refractivity contribution is 0.255. The topological polar surface area (TPSA) is 97.3 Å². The minimum Gasteiger partial charge on any atom is -0.508 e. The molecule has 3 N–H and O–H groups in total. The predicted octanol–water partition coefficient (Wildman–Crippen LogP) is 3.72. The second-order valence-electron chi connectivity index (χ2n) is 4.75. The number of methoxy groups -OCH3 is 1. The fourth-order valence-corrected chi connectivity index (χ4v) is 2.19. The fourth-order valence-electron chi connectivity index (χ4n) is 2.19. The second kappa shape index (κ2) is 6.71. The van der Waals surface area contributed by atoms with Crippen LogP contribution >= 0.6 is 0 Å². The number of aromatic hydroxyl groups is 1. The Labute approximate surface area is 128 Å². The standard InChI is InChI=1S/C16H17N3O3/c1-10(11-6-4-3-5-7-11)12-8-13(18-19-16(17)21)15(22-2)9-14(12)20/h3-10,20H,1-2H3,(H2,17,21)/t10-/m0/s1. The van der Waals surface area contributed by atoms with Gasteiger partial charge in [-0.2, -0.15) is 0 Å². The van der Waals surface area contributed by atoms with Crippen molar-refractivity contribution in [3.8, 4) is 11.5 Å². The molecule has 0 heterocycles. The number of carbonyl (C=O) groups is 1. The molecule has 0 saturated carbocycles. The highest BCUT2D eigenvalue weighted by Crippen LogP contribution is 2.39. The number of nitrogens with zero attached hydrogens (tertiary/aromatic N) is 2. The Balaban J connectivity index is 2.48. The van der Waals surface area contributed by atoms with E-state index in [4.69, 9.17) is 10.5 Å². The molecule has 0 spiro atoms. The van der Waals surface area contributed by atoms with Gasteiger partial charge in [-0.05, 0) is 11.6 Å². The highest BCUT2D eigenvalue weighted by Gasteiger charge is 2.16. The summed E-state index contributed by atoms with van der Waals surface area (Å²) in [4.78, 5) is 10.8. The van der Waals surface area contributed by atoms with E-state index in [0.717, 1.165) is 5.56 Å². The van der Waals surface area contributed by atoms with Crippen LogP contribution in [0.4, 0.5) is 10.5 Å². The van der Waals surface area contributed by atoms with Crippen molar-refractivity contribution < 1.29 is 14.6 Å². The van der Waals surface area contributed by atoms with Crippen LogP contribution in [0.5, 0.6) is 11.5 Å². The minimum absolute atomic E-state index is 0.0605. The van der Waals surface area contributed by atoms with Gasteiger partial charge < -0.3 is 15.6 Å². The number of phenols is 1. The molecule has 0 unspecified atom stereocenters. The molecule has 2 aromatic carbocycles. The lowest BCUT2D eigenvalue weighted by Gasteiger charge is -2.16. The summed E-state index contributed by atoms with van der Waals surface area (Å²) in [6, 6.07) is 11.9. The highest BCUT2D eigenvalue weighted by atomic mass is 16.5. The molecule has 0 aliphatic rings. The van der Waals surface area contributed by atoms with Crippen LogP contribution in [0.2, 0.25) is 0 Å². The van der Waals surface area contributed by atoms with Crippen LogP contribution in [0, 0.1) is 0 Å². The van der Waals surface area contributed by atoms with E-state index in [9.17, 15) is 9.90 Å². The number of hydrogen-bond acceptors (Lipinski definition) is 4. The molecule has 114 valence electrons. The van der Waals surface area contributed by atoms with Crippen LogP contribution in [0.25, 0.3) is 0 Å². The molecular weight excluding hydrogens is 282 g/mol. The largest absolute Gasteiger partial charge is 0.508 e. The Morgan fingerprint density at radius 2 is 1.95 bits per heavy atom.